The van der Waals surface area contributed by atoms with E-state index in [1.54, 1.807) is 36.0 Å². The van der Waals surface area contributed by atoms with Crippen LogP contribution in [0.1, 0.15) is 37.0 Å². The van der Waals surface area contributed by atoms with Gasteiger partial charge in [-0.2, -0.15) is 11.8 Å². The number of hydrogen-bond acceptors (Lipinski definition) is 9. The van der Waals surface area contributed by atoms with Crippen LogP contribution in [0.4, 0.5) is 0 Å². The molecule has 0 aliphatic carbocycles. The van der Waals surface area contributed by atoms with E-state index in [0.717, 1.165) is 22.6 Å². The van der Waals surface area contributed by atoms with Gasteiger partial charge in [-0.1, -0.05) is 49.4 Å². The minimum Gasteiger partial charge on any atom is -0.477 e. The average molecular weight is 591 g/mol. The van der Waals surface area contributed by atoms with E-state index >= 15 is 0 Å². The predicted molar refractivity (Wildman–Crippen MR) is 153 cm³/mol. The number of benzene rings is 2. The maximum atomic E-state index is 12.7. The highest BCUT2D eigenvalue weighted by molar-refractivity contribution is 7.99. The summed E-state index contributed by atoms with van der Waals surface area (Å²) in [7, 11) is 0. The quantitative estimate of drug-likeness (QED) is 0.177. The molecule has 1 heterocycles. The Morgan fingerprint density at radius 2 is 1.76 bits per heavy atom. The highest BCUT2D eigenvalue weighted by Gasteiger charge is 2.55. The minimum atomic E-state index is -2.31. The van der Waals surface area contributed by atoms with Gasteiger partial charge in [-0.05, 0) is 41.2 Å². The zero-order valence-electron chi connectivity index (χ0n) is 23.1. The third-order valence-corrected chi connectivity index (χ3v) is 7.68. The lowest BCUT2D eigenvalue weighted by Gasteiger charge is -2.46. The van der Waals surface area contributed by atoms with Crippen molar-refractivity contribution in [2.75, 3.05) is 24.7 Å². The number of aliphatic hydroxyl groups excluding tert-OH is 3. The van der Waals surface area contributed by atoms with Gasteiger partial charge in [0.2, 0.25) is 5.91 Å². The number of carboxylic acids is 1. The summed E-state index contributed by atoms with van der Waals surface area (Å²) in [5, 5.41) is 47.5. The molecule has 12 heteroatoms. The zero-order valence-corrected chi connectivity index (χ0v) is 23.9. The van der Waals surface area contributed by atoms with Crippen molar-refractivity contribution >= 4 is 29.5 Å². The van der Waals surface area contributed by atoms with Crippen LogP contribution in [0.2, 0.25) is 0 Å². The Labute approximate surface area is 243 Å². The highest BCUT2D eigenvalue weighted by Crippen LogP contribution is 2.34. The number of hydrogen-bond donors (Lipinski definition) is 6. The van der Waals surface area contributed by atoms with E-state index in [-0.39, 0.29) is 6.61 Å². The molecule has 0 saturated carbocycles. The first kappa shape index (κ1) is 32.5. The fraction of sp³-hybridized carbons (Fsp3) is 0.483. The van der Waals surface area contributed by atoms with Crippen LogP contribution in [-0.4, -0.2) is 99.1 Å². The normalized spacial score (nSPS) is 23.8. The van der Waals surface area contributed by atoms with E-state index in [1.807, 2.05) is 37.3 Å². The Morgan fingerprint density at radius 1 is 1.10 bits per heavy atom. The first-order chi connectivity index (χ1) is 19.6. The molecule has 1 saturated heterocycles. The average Bonchev–Trinajstić information content (AvgIpc) is 2.96. The van der Waals surface area contributed by atoms with Crippen LogP contribution in [0.25, 0.3) is 11.1 Å². The molecular formula is C29H38N2O9S. The van der Waals surface area contributed by atoms with E-state index in [4.69, 9.17) is 9.47 Å². The molecule has 0 radical (unpaired) electrons. The Kier molecular flexibility index (Phi) is 12.1. The third-order valence-electron chi connectivity index (χ3n) is 6.70. The van der Waals surface area contributed by atoms with E-state index in [9.17, 15) is 34.8 Å². The lowest BCUT2D eigenvalue weighted by Crippen LogP contribution is -2.68. The number of thioether (sulfide) groups is 1. The summed E-state index contributed by atoms with van der Waals surface area (Å²) >= 11 is 1.65. The van der Waals surface area contributed by atoms with Crippen LogP contribution >= 0.6 is 11.8 Å². The number of aliphatic carboxylic acids is 1. The van der Waals surface area contributed by atoms with E-state index < -0.39 is 67.0 Å². The van der Waals surface area contributed by atoms with Crippen molar-refractivity contribution in [1.29, 1.82) is 0 Å². The first-order valence-corrected chi connectivity index (χ1v) is 14.6. The predicted octanol–water partition coefficient (Wildman–Crippen LogP) is 1.40. The Bertz CT molecular complexity index is 1150. The topological polar surface area (TPSA) is 175 Å². The Hall–Kier alpha value is -3.00. The molecule has 0 spiro atoms. The van der Waals surface area contributed by atoms with Crippen molar-refractivity contribution < 1.29 is 44.3 Å². The van der Waals surface area contributed by atoms with Crippen LogP contribution in [0.15, 0.2) is 54.6 Å². The number of rotatable bonds is 14. The van der Waals surface area contributed by atoms with Crippen LogP contribution in [0.3, 0.4) is 0 Å². The lowest BCUT2D eigenvalue weighted by atomic mass is 9.88. The molecule has 1 unspecified atom stereocenters. The van der Waals surface area contributed by atoms with Gasteiger partial charge in [-0.3, -0.25) is 9.59 Å². The van der Waals surface area contributed by atoms with Crippen LogP contribution in [-0.2, 0) is 19.1 Å². The molecular weight excluding hydrogens is 552 g/mol. The molecule has 224 valence electrons. The van der Waals surface area contributed by atoms with Crippen molar-refractivity contribution in [3.8, 4) is 11.1 Å². The molecule has 1 fully saturated rings. The first-order valence-electron chi connectivity index (χ1n) is 13.5. The summed E-state index contributed by atoms with van der Waals surface area (Å²) in [5.74, 6) is -3.27. The monoisotopic (exact) mass is 590 g/mol. The maximum Gasteiger partial charge on any atom is 0.364 e. The third kappa shape index (κ3) is 8.74. The second-order valence-corrected chi connectivity index (χ2v) is 11.1. The lowest BCUT2D eigenvalue weighted by molar-refractivity contribution is -0.310. The fourth-order valence-electron chi connectivity index (χ4n) is 4.58. The van der Waals surface area contributed by atoms with Gasteiger partial charge in [0.05, 0.1) is 24.9 Å². The van der Waals surface area contributed by atoms with Crippen LogP contribution in [0.5, 0.6) is 0 Å². The zero-order chi connectivity index (χ0) is 30.0. The summed E-state index contributed by atoms with van der Waals surface area (Å²) < 4.78 is 11.3. The fourth-order valence-corrected chi connectivity index (χ4v) is 5.19. The molecule has 1 aliphatic rings. The van der Waals surface area contributed by atoms with Gasteiger partial charge in [0.15, 0.2) is 0 Å². The molecule has 0 aromatic heterocycles. The second-order valence-electron chi connectivity index (χ2n) is 9.75. The van der Waals surface area contributed by atoms with E-state index in [1.165, 1.54) is 6.92 Å². The van der Waals surface area contributed by atoms with Crippen LogP contribution in [0, 0.1) is 0 Å². The summed E-state index contributed by atoms with van der Waals surface area (Å²) in [6, 6.07) is 15.2. The van der Waals surface area contributed by atoms with Gasteiger partial charge in [-0.15, -0.1) is 0 Å². The molecule has 6 atom stereocenters. The van der Waals surface area contributed by atoms with E-state index in [2.05, 4.69) is 10.6 Å². The number of nitrogens with one attached hydrogen (secondary N) is 2. The van der Waals surface area contributed by atoms with Crippen molar-refractivity contribution in [3.05, 3.63) is 60.2 Å². The van der Waals surface area contributed by atoms with E-state index in [0.29, 0.717) is 12.0 Å². The van der Waals surface area contributed by atoms with Crippen LogP contribution < -0.4 is 10.6 Å². The summed E-state index contributed by atoms with van der Waals surface area (Å²) in [6.07, 6.45) is -6.47. The number of carbonyl (C=O) groups excluding carboxylic acids is 2. The summed E-state index contributed by atoms with van der Waals surface area (Å²) in [5.41, 5.74) is 2.23. The number of amides is 2. The Balaban J connectivity index is 1.69. The van der Waals surface area contributed by atoms with Gasteiger partial charge < -0.3 is 40.5 Å². The van der Waals surface area contributed by atoms with Crippen molar-refractivity contribution in [1.82, 2.24) is 10.6 Å². The molecule has 11 nitrogen and oxygen atoms in total. The van der Waals surface area contributed by atoms with Gasteiger partial charge in [0.25, 0.3) is 11.7 Å². The van der Waals surface area contributed by atoms with Gasteiger partial charge in [0.1, 0.15) is 12.2 Å². The molecule has 2 aromatic rings. The van der Waals surface area contributed by atoms with Crippen molar-refractivity contribution in [2.24, 2.45) is 0 Å². The standard InChI is InChI=1S/C29H38N2O9S/c1-3-41-15-7-14-39-29(28(37)38)16-22(33)24(31-18(2)32)26(40-29)25(35)23(34)17-30-27(36)21-12-10-20(11-13-21)19-8-5-4-6-9-19/h4-6,8-13,22-26,33-35H,3,7,14-17H2,1-2H3,(H,30,36)(H,31,32)(H,37,38)/t22?,23-,24-,25-,26-,29-/m1/s1. The Morgan fingerprint density at radius 3 is 2.37 bits per heavy atom. The minimum absolute atomic E-state index is 0.0152. The van der Waals surface area contributed by atoms with Gasteiger partial charge in [-0.25, -0.2) is 4.79 Å². The van der Waals surface area contributed by atoms with Crippen molar-refractivity contribution in [3.63, 3.8) is 0 Å². The molecule has 2 aromatic carbocycles. The molecule has 3 rings (SSSR count). The van der Waals surface area contributed by atoms with Crippen molar-refractivity contribution in [2.45, 2.75) is 62.9 Å². The number of aliphatic hydroxyl groups is 3. The second kappa shape index (κ2) is 15.3. The van der Waals surface area contributed by atoms with Gasteiger partial charge in [0, 0.05) is 25.5 Å². The summed E-state index contributed by atoms with van der Waals surface area (Å²) in [4.78, 5) is 36.8. The smallest absolute Gasteiger partial charge is 0.364 e. The molecule has 6 N–H and O–H groups in total. The number of carbonyl (C=O) groups is 3. The largest absolute Gasteiger partial charge is 0.477 e. The summed E-state index contributed by atoms with van der Waals surface area (Å²) in [6.45, 7) is 2.78. The number of ether oxygens (including phenoxy) is 2. The van der Waals surface area contributed by atoms with Gasteiger partial charge >= 0.3 is 5.97 Å². The SMILES string of the molecule is CCSCCCO[C@]1(C(=O)O)CC(O)[C@@H](NC(C)=O)[C@H]([C@H](O)[C@H](O)CNC(=O)c2ccc(-c3ccccc3)cc2)O1. The number of carboxylic acid groups (broad SMARTS) is 1. The molecule has 1 aliphatic heterocycles. The molecule has 0 bridgehead atoms. The highest BCUT2D eigenvalue weighted by atomic mass is 32.2. The molecule has 2 amide bonds. The maximum absolute atomic E-state index is 12.7. The molecule has 41 heavy (non-hydrogen) atoms.